The third kappa shape index (κ3) is 3.61. The number of hydrogen-bond acceptors (Lipinski definition) is 3. The van der Waals surface area contributed by atoms with Crippen LogP contribution in [0.3, 0.4) is 0 Å². The van der Waals surface area contributed by atoms with Gasteiger partial charge in [-0.05, 0) is 19.3 Å². The molecule has 0 saturated carbocycles. The molecule has 0 aromatic carbocycles. The van der Waals surface area contributed by atoms with Crippen molar-refractivity contribution in [1.29, 1.82) is 0 Å². The molecule has 0 radical (unpaired) electrons. The van der Waals surface area contributed by atoms with Gasteiger partial charge in [-0.2, -0.15) is 0 Å². The lowest BCUT2D eigenvalue weighted by Crippen LogP contribution is -2.56. The topological polar surface area (TPSA) is 52.8 Å². The van der Waals surface area contributed by atoms with Gasteiger partial charge in [0, 0.05) is 39.3 Å². The second-order valence-corrected chi connectivity index (χ2v) is 6.18. The average molecular weight is 298 g/mol. The van der Waals surface area contributed by atoms with E-state index in [9.17, 15) is 4.79 Å². The van der Waals surface area contributed by atoms with Gasteiger partial charge in [-0.3, -0.25) is 4.90 Å². The number of nitrogens with zero attached hydrogens (tertiary/aromatic N) is 3. The molecule has 0 bridgehead atoms. The summed E-state index contributed by atoms with van der Waals surface area (Å²) in [5, 5.41) is 0. The molecule has 20 heavy (non-hydrogen) atoms. The van der Waals surface area contributed by atoms with Gasteiger partial charge in [0.05, 0.1) is 11.0 Å². The highest BCUT2D eigenvalue weighted by atomic mass is 32.1. The maximum absolute atomic E-state index is 12.3. The second kappa shape index (κ2) is 7.22. The van der Waals surface area contributed by atoms with Crippen LogP contribution in [-0.2, 0) is 0 Å². The molecule has 1 atom stereocenters. The van der Waals surface area contributed by atoms with Crippen LogP contribution in [0.1, 0.15) is 32.6 Å². The third-order valence-electron chi connectivity index (χ3n) is 4.29. The van der Waals surface area contributed by atoms with Crippen molar-refractivity contribution < 1.29 is 4.79 Å². The van der Waals surface area contributed by atoms with Crippen LogP contribution >= 0.6 is 12.2 Å². The van der Waals surface area contributed by atoms with Crippen molar-refractivity contribution >= 4 is 23.2 Å². The minimum absolute atomic E-state index is 0.194. The lowest BCUT2D eigenvalue weighted by Gasteiger charge is -2.40. The van der Waals surface area contributed by atoms with Crippen LogP contribution in [0.15, 0.2) is 0 Å². The smallest absolute Gasteiger partial charge is 0.320 e. The summed E-state index contributed by atoms with van der Waals surface area (Å²) < 4.78 is 0. The van der Waals surface area contributed by atoms with Crippen LogP contribution in [-0.4, -0.2) is 71.0 Å². The van der Waals surface area contributed by atoms with Crippen molar-refractivity contribution in [2.75, 3.05) is 39.3 Å². The minimum atomic E-state index is 0.194. The Labute approximate surface area is 127 Å². The molecule has 2 aliphatic rings. The van der Waals surface area contributed by atoms with Gasteiger partial charge < -0.3 is 15.5 Å². The highest BCUT2D eigenvalue weighted by Crippen LogP contribution is 2.15. The summed E-state index contributed by atoms with van der Waals surface area (Å²) in [5.41, 5.74) is 5.85. The molecular formula is C14H26N4OS. The number of amides is 2. The number of urea groups is 1. The summed E-state index contributed by atoms with van der Waals surface area (Å²) in [6.07, 6.45) is 4.38. The van der Waals surface area contributed by atoms with Crippen molar-refractivity contribution in [2.24, 2.45) is 5.73 Å². The largest absolute Gasteiger partial charge is 0.392 e. The zero-order chi connectivity index (χ0) is 14.5. The van der Waals surface area contributed by atoms with Crippen LogP contribution in [0.2, 0.25) is 0 Å². The Balaban J connectivity index is 1.84. The van der Waals surface area contributed by atoms with Gasteiger partial charge in [-0.1, -0.05) is 25.6 Å². The van der Waals surface area contributed by atoms with Crippen molar-refractivity contribution in [3.8, 4) is 0 Å². The number of likely N-dealkylation sites (tertiary alicyclic amines) is 1. The summed E-state index contributed by atoms with van der Waals surface area (Å²) in [7, 11) is 0. The molecule has 6 heteroatoms. The van der Waals surface area contributed by atoms with E-state index >= 15 is 0 Å². The monoisotopic (exact) mass is 298 g/mol. The predicted molar refractivity (Wildman–Crippen MR) is 84.8 cm³/mol. The van der Waals surface area contributed by atoms with Crippen LogP contribution in [0.4, 0.5) is 4.79 Å². The first kappa shape index (κ1) is 15.5. The number of nitrogens with two attached hydrogens (primary N) is 1. The van der Waals surface area contributed by atoms with E-state index in [1.807, 2.05) is 9.80 Å². The standard InChI is InChI=1S/C14H26N4OS/c1-2-5-12(13(15)20)16-8-10-18(11-9-16)14(19)17-6-3-4-7-17/h12H,2-11H2,1H3,(H2,15,20). The first-order valence-corrected chi connectivity index (χ1v) is 8.11. The highest BCUT2D eigenvalue weighted by Gasteiger charge is 2.29. The Hall–Kier alpha value is -0.880. The first-order valence-electron chi connectivity index (χ1n) is 7.70. The first-order chi connectivity index (χ1) is 9.63. The van der Waals surface area contributed by atoms with Gasteiger partial charge in [0.2, 0.25) is 0 Å². The lowest BCUT2D eigenvalue weighted by atomic mass is 10.1. The molecule has 5 nitrogen and oxygen atoms in total. The molecule has 2 amide bonds. The number of piperazine rings is 1. The molecule has 0 aromatic rings. The molecular weight excluding hydrogens is 272 g/mol. The number of rotatable bonds is 4. The quantitative estimate of drug-likeness (QED) is 0.794. The molecule has 2 heterocycles. The van der Waals surface area contributed by atoms with Gasteiger partial charge in [-0.25, -0.2) is 4.79 Å². The van der Waals surface area contributed by atoms with Crippen molar-refractivity contribution in [2.45, 2.75) is 38.6 Å². The molecule has 1 unspecified atom stereocenters. The number of hydrogen-bond donors (Lipinski definition) is 1. The summed E-state index contributed by atoms with van der Waals surface area (Å²) in [6, 6.07) is 0.406. The zero-order valence-electron chi connectivity index (χ0n) is 12.4. The van der Waals surface area contributed by atoms with E-state index in [1.165, 1.54) is 0 Å². The maximum Gasteiger partial charge on any atom is 0.320 e. The van der Waals surface area contributed by atoms with E-state index in [1.54, 1.807) is 0 Å². The van der Waals surface area contributed by atoms with E-state index in [0.717, 1.165) is 65.0 Å². The van der Waals surface area contributed by atoms with E-state index in [-0.39, 0.29) is 12.1 Å². The molecule has 2 fully saturated rings. The Morgan fingerprint density at radius 2 is 1.65 bits per heavy atom. The fraction of sp³-hybridized carbons (Fsp3) is 0.857. The molecule has 2 rings (SSSR count). The van der Waals surface area contributed by atoms with Gasteiger partial charge >= 0.3 is 6.03 Å². The second-order valence-electron chi connectivity index (χ2n) is 5.71. The number of carbonyl (C=O) groups is 1. The lowest BCUT2D eigenvalue weighted by molar-refractivity contribution is 0.107. The average Bonchev–Trinajstić information content (AvgIpc) is 2.98. The zero-order valence-corrected chi connectivity index (χ0v) is 13.2. The Morgan fingerprint density at radius 3 is 2.15 bits per heavy atom. The highest BCUT2D eigenvalue weighted by molar-refractivity contribution is 7.80. The Morgan fingerprint density at radius 1 is 1.10 bits per heavy atom. The fourth-order valence-corrected chi connectivity index (χ4v) is 3.38. The summed E-state index contributed by atoms with van der Waals surface area (Å²) in [6.45, 7) is 7.33. The minimum Gasteiger partial charge on any atom is -0.392 e. The van der Waals surface area contributed by atoms with E-state index in [0.29, 0.717) is 4.99 Å². The van der Waals surface area contributed by atoms with Gasteiger partial charge in [0.25, 0.3) is 0 Å². The van der Waals surface area contributed by atoms with Crippen LogP contribution in [0.5, 0.6) is 0 Å². The molecule has 0 aliphatic carbocycles. The maximum atomic E-state index is 12.3. The van der Waals surface area contributed by atoms with Crippen LogP contribution in [0.25, 0.3) is 0 Å². The summed E-state index contributed by atoms with van der Waals surface area (Å²) in [5.74, 6) is 0. The van der Waals surface area contributed by atoms with Crippen molar-refractivity contribution in [1.82, 2.24) is 14.7 Å². The van der Waals surface area contributed by atoms with E-state index in [2.05, 4.69) is 11.8 Å². The Bertz CT molecular complexity index is 349. The van der Waals surface area contributed by atoms with Crippen LogP contribution in [0, 0.1) is 0 Å². The van der Waals surface area contributed by atoms with Gasteiger partial charge in [0.1, 0.15) is 0 Å². The third-order valence-corrected chi connectivity index (χ3v) is 4.56. The number of thiocarbonyl (C=S) groups is 1. The molecule has 2 saturated heterocycles. The van der Waals surface area contributed by atoms with E-state index in [4.69, 9.17) is 18.0 Å². The molecule has 114 valence electrons. The SMILES string of the molecule is CCCC(C(N)=S)N1CCN(C(=O)N2CCCC2)CC1. The van der Waals surface area contributed by atoms with Gasteiger partial charge in [-0.15, -0.1) is 0 Å². The molecule has 2 N–H and O–H groups in total. The Kier molecular flexibility index (Phi) is 5.60. The van der Waals surface area contributed by atoms with Crippen LogP contribution < -0.4 is 5.73 Å². The number of carbonyl (C=O) groups excluding carboxylic acids is 1. The van der Waals surface area contributed by atoms with Crippen molar-refractivity contribution in [3.05, 3.63) is 0 Å². The van der Waals surface area contributed by atoms with Crippen molar-refractivity contribution in [3.63, 3.8) is 0 Å². The molecule has 0 spiro atoms. The normalized spacial score (nSPS) is 22.1. The van der Waals surface area contributed by atoms with E-state index < -0.39 is 0 Å². The summed E-state index contributed by atoms with van der Waals surface area (Å²) >= 11 is 5.18. The summed E-state index contributed by atoms with van der Waals surface area (Å²) in [4.78, 5) is 19.2. The molecule has 0 aromatic heterocycles. The predicted octanol–water partition coefficient (Wildman–Crippen LogP) is 1.27. The van der Waals surface area contributed by atoms with Gasteiger partial charge in [0.15, 0.2) is 0 Å². The molecule has 2 aliphatic heterocycles. The fourth-order valence-electron chi connectivity index (χ4n) is 3.11.